The number of hydrogen-bond acceptors (Lipinski definition) is 3. The topological polar surface area (TPSA) is 83.8 Å². The molecule has 0 aliphatic heterocycles. The number of nitrogens with two attached hydrogens (primary N) is 1. The van der Waals surface area contributed by atoms with Crippen LogP contribution >= 0.6 is 0 Å². The molecule has 0 saturated heterocycles. The van der Waals surface area contributed by atoms with Gasteiger partial charge in [0, 0.05) is 30.4 Å². The van der Waals surface area contributed by atoms with Gasteiger partial charge in [-0.3, -0.25) is 4.79 Å². The van der Waals surface area contributed by atoms with E-state index in [1.54, 1.807) is 6.20 Å². The van der Waals surface area contributed by atoms with Crippen molar-refractivity contribution in [2.75, 3.05) is 6.54 Å². The summed E-state index contributed by atoms with van der Waals surface area (Å²) >= 11 is 0. The largest absolute Gasteiger partial charge is 0.354 e. The molecule has 0 aliphatic rings. The Hall–Kier alpha value is -2.66. The molecule has 0 aliphatic carbocycles. The lowest BCUT2D eigenvalue weighted by molar-refractivity contribution is -0.120. The molecule has 25 heavy (non-hydrogen) atoms. The molecule has 3 rings (SSSR count). The van der Waals surface area contributed by atoms with Crippen molar-refractivity contribution in [3.05, 3.63) is 65.5 Å². The fraction of sp³-hybridized carbons (Fsp3) is 0.300. The van der Waals surface area contributed by atoms with E-state index in [1.165, 1.54) is 5.56 Å². The summed E-state index contributed by atoms with van der Waals surface area (Å²) in [5.74, 6) is 0.453. The second-order valence-electron chi connectivity index (χ2n) is 6.62. The molecule has 5 heteroatoms. The minimum absolute atomic E-state index is 0.0426. The molecule has 2 aromatic heterocycles. The monoisotopic (exact) mass is 336 g/mol. The third kappa shape index (κ3) is 4.06. The summed E-state index contributed by atoms with van der Waals surface area (Å²) in [6.45, 7) is 4.74. The zero-order chi connectivity index (χ0) is 17.8. The number of pyridine rings is 1. The van der Waals surface area contributed by atoms with E-state index in [1.807, 2.05) is 30.5 Å². The molecule has 0 saturated carbocycles. The molecule has 5 nitrogen and oxygen atoms in total. The van der Waals surface area contributed by atoms with Crippen LogP contribution in [0.5, 0.6) is 0 Å². The Bertz CT molecular complexity index is 852. The van der Waals surface area contributed by atoms with E-state index in [9.17, 15) is 4.79 Å². The highest BCUT2D eigenvalue weighted by Crippen LogP contribution is 2.18. The molecule has 3 aromatic rings. The van der Waals surface area contributed by atoms with Gasteiger partial charge in [-0.25, -0.2) is 4.98 Å². The summed E-state index contributed by atoms with van der Waals surface area (Å²) in [6.07, 6.45) is 3.87. The predicted octanol–water partition coefficient (Wildman–Crippen LogP) is 3.05. The van der Waals surface area contributed by atoms with Crippen molar-refractivity contribution in [2.24, 2.45) is 5.73 Å². The second-order valence-corrected chi connectivity index (χ2v) is 6.62. The number of H-pyrrole nitrogens is 1. The summed E-state index contributed by atoms with van der Waals surface area (Å²) in [4.78, 5) is 19.6. The number of nitrogens with zero attached hydrogens (tertiary/aromatic N) is 1. The van der Waals surface area contributed by atoms with E-state index in [4.69, 9.17) is 5.73 Å². The molecule has 1 aromatic carbocycles. The van der Waals surface area contributed by atoms with Gasteiger partial charge in [-0.2, -0.15) is 0 Å². The number of aromatic nitrogens is 2. The van der Waals surface area contributed by atoms with E-state index in [-0.39, 0.29) is 11.9 Å². The highest BCUT2D eigenvalue weighted by Gasteiger charge is 2.12. The Morgan fingerprint density at radius 3 is 2.64 bits per heavy atom. The van der Waals surface area contributed by atoms with Crippen molar-refractivity contribution in [1.29, 1.82) is 0 Å². The van der Waals surface area contributed by atoms with Gasteiger partial charge in [0.15, 0.2) is 0 Å². The minimum atomic E-state index is -0.213. The number of carbonyl (C=O) groups is 1. The zero-order valence-electron chi connectivity index (χ0n) is 14.6. The van der Waals surface area contributed by atoms with Gasteiger partial charge in [0.25, 0.3) is 0 Å². The highest BCUT2D eigenvalue weighted by molar-refractivity contribution is 5.87. The highest BCUT2D eigenvalue weighted by atomic mass is 16.1. The van der Waals surface area contributed by atoms with Gasteiger partial charge in [-0.05, 0) is 34.7 Å². The summed E-state index contributed by atoms with van der Waals surface area (Å²) < 4.78 is 0. The number of carbonyl (C=O) groups excluding carboxylic acids is 1. The van der Waals surface area contributed by atoms with Crippen molar-refractivity contribution in [3.8, 4) is 0 Å². The van der Waals surface area contributed by atoms with Gasteiger partial charge < -0.3 is 16.0 Å². The van der Waals surface area contributed by atoms with E-state index in [0.717, 1.165) is 22.2 Å². The Morgan fingerprint density at radius 2 is 1.92 bits per heavy atom. The molecule has 0 spiro atoms. The first-order valence-corrected chi connectivity index (χ1v) is 8.57. The Labute approximate surface area is 147 Å². The minimum Gasteiger partial charge on any atom is -0.354 e. The molecular weight excluding hydrogens is 312 g/mol. The van der Waals surface area contributed by atoms with Crippen LogP contribution in [0.15, 0.2) is 48.8 Å². The van der Waals surface area contributed by atoms with Crippen molar-refractivity contribution in [2.45, 2.75) is 32.2 Å². The lowest BCUT2D eigenvalue weighted by atomic mass is 9.99. The molecule has 1 amide bonds. The number of rotatable bonds is 6. The van der Waals surface area contributed by atoms with Crippen LogP contribution in [-0.4, -0.2) is 22.4 Å². The zero-order valence-corrected chi connectivity index (χ0v) is 14.6. The summed E-state index contributed by atoms with van der Waals surface area (Å²) in [6, 6.07) is 11.9. The maximum absolute atomic E-state index is 12.2. The number of hydrogen-bond donors (Lipinski definition) is 3. The fourth-order valence-corrected chi connectivity index (χ4v) is 2.86. The summed E-state index contributed by atoms with van der Waals surface area (Å²) in [7, 11) is 0. The summed E-state index contributed by atoms with van der Waals surface area (Å²) in [5, 5.41) is 3.90. The molecular formula is C20H24N4O. The van der Waals surface area contributed by atoms with Gasteiger partial charge in [-0.1, -0.05) is 38.1 Å². The second kappa shape index (κ2) is 7.49. The van der Waals surface area contributed by atoms with Crippen LogP contribution in [0.3, 0.4) is 0 Å². The SMILES string of the molecule is CC(C)c1ccc(C(N)CNC(=O)Cc2c[nH]c3ncccc23)cc1. The van der Waals surface area contributed by atoms with Crippen molar-refractivity contribution in [3.63, 3.8) is 0 Å². The summed E-state index contributed by atoms with van der Waals surface area (Å²) in [5.41, 5.74) is 10.3. The van der Waals surface area contributed by atoms with Crippen LogP contribution < -0.4 is 11.1 Å². The maximum atomic E-state index is 12.2. The first-order chi connectivity index (χ1) is 12.0. The molecule has 4 N–H and O–H groups in total. The van der Waals surface area contributed by atoms with Crippen LogP contribution in [0, 0.1) is 0 Å². The van der Waals surface area contributed by atoms with Gasteiger partial charge in [0.2, 0.25) is 5.91 Å². The molecule has 1 atom stereocenters. The van der Waals surface area contributed by atoms with E-state index < -0.39 is 0 Å². The average Bonchev–Trinajstić information content (AvgIpc) is 3.03. The lowest BCUT2D eigenvalue weighted by Gasteiger charge is -2.14. The Balaban J connectivity index is 1.56. The van der Waals surface area contributed by atoms with E-state index in [2.05, 4.69) is 41.3 Å². The molecule has 0 fully saturated rings. The smallest absolute Gasteiger partial charge is 0.224 e. The number of benzene rings is 1. The van der Waals surface area contributed by atoms with E-state index in [0.29, 0.717) is 18.9 Å². The number of fused-ring (bicyclic) bond motifs is 1. The van der Waals surface area contributed by atoms with Crippen molar-refractivity contribution >= 4 is 16.9 Å². The van der Waals surface area contributed by atoms with Crippen LogP contribution in [0.2, 0.25) is 0 Å². The van der Waals surface area contributed by atoms with Gasteiger partial charge in [-0.15, -0.1) is 0 Å². The van der Waals surface area contributed by atoms with Crippen LogP contribution in [0.25, 0.3) is 11.0 Å². The molecule has 1 unspecified atom stereocenters. The Kier molecular flexibility index (Phi) is 5.14. The maximum Gasteiger partial charge on any atom is 0.224 e. The molecule has 0 bridgehead atoms. The molecule has 2 heterocycles. The third-order valence-electron chi connectivity index (χ3n) is 4.44. The third-order valence-corrected chi connectivity index (χ3v) is 4.44. The Morgan fingerprint density at radius 1 is 1.20 bits per heavy atom. The fourth-order valence-electron chi connectivity index (χ4n) is 2.86. The van der Waals surface area contributed by atoms with Crippen LogP contribution in [0.4, 0.5) is 0 Å². The number of nitrogens with one attached hydrogen (secondary N) is 2. The lowest BCUT2D eigenvalue weighted by Crippen LogP contribution is -2.32. The molecule has 0 radical (unpaired) electrons. The first-order valence-electron chi connectivity index (χ1n) is 8.57. The first kappa shape index (κ1) is 17.2. The normalized spacial score (nSPS) is 12.5. The van der Waals surface area contributed by atoms with E-state index >= 15 is 0 Å². The van der Waals surface area contributed by atoms with Gasteiger partial charge in [0.05, 0.1) is 6.42 Å². The van der Waals surface area contributed by atoms with Crippen LogP contribution in [-0.2, 0) is 11.2 Å². The number of aromatic amines is 1. The molecule has 130 valence electrons. The standard InChI is InChI=1S/C20H24N4O/c1-13(2)14-5-7-15(8-6-14)18(21)12-23-19(25)10-16-11-24-20-17(16)4-3-9-22-20/h3-9,11,13,18H,10,12,21H2,1-2H3,(H,22,24)(H,23,25). The van der Waals surface area contributed by atoms with Gasteiger partial charge >= 0.3 is 0 Å². The quantitative estimate of drug-likeness (QED) is 0.647. The van der Waals surface area contributed by atoms with Crippen molar-refractivity contribution in [1.82, 2.24) is 15.3 Å². The predicted molar refractivity (Wildman–Crippen MR) is 100 cm³/mol. The van der Waals surface area contributed by atoms with Crippen molar-refractivity contribution < 1.29 is 4.79 Å². The average molecular weight is 336 g/mol. The van der Waals surface area contributed by atoms with Crippen LogP contribution in [0.1, 0.15) is 42.5 Å². The number of amides is 1. The van der Waals surface area contributed by atoms with Gasteiger partial charge in [0.1, 0.15) is 5.65 Å².